The summed E-state index contributed by atoms with van der Waals surface area (Å²) < 4.78 is 18.1. The fourth-order valence-corrected chi connectivity index (χ4v) is 3.03. The molecule has 1 aromatic carbocycles. The summed E-state index contributed by atoms with van der Waals surface area (Å²) in [5, 5.41) is 6.61. The Kier molecular flexibility index (Phi) is 9.37. The van der Waals surface area contributed by atoms with E-state index in [2.05, 4.69) is 15.6 Å². The maximum Gasteiger partial charge on any atom is 0.409 e. The molecular formula is C21H32FN5O3. The number of halogens is 1. The average molecular weight is 422 g/mol. The lowest BCUT2D eigenvalue weighted by Crippen LogP contribution is -2.50. The first kappa shape index (κ1) is 23.4. The number of likely N-dealkylation sites (N-methyl/N-ethyl adjacent to an activating group) is 1. The van der Waals surface area contributed by atoms with Crippen molar-refractivity contribution in [3.05, 3.63) is 35.6 Å². The van der Waals surface area contributed by atoms with Crippen molar-refractivity contribution in [2.45, 2.75) is 32.2 Å². The van der Waals surface area contributed by atoms with Crippen LogP contribution in [0.1, 0.15) is 25.3 Å². The minimum Gasteiger partial charge on any atom is -0.450 e. The van der Waals surface area contributed by atoms with Gasteiger partial charge < -0.3 is 25.2 Å². The Labute approximate surface area is 177 Å². The summed E-state index contributed by atoms with van der Waals surface area (Å²) in [7, 11) is 3.38. The van der Waals surface area contributed by atoms with E-state index in [1.165, 1.54) is 17.0 Å². The number of hydrogen-bond donors (Lipinski definition) is 2. The Balaban J connectivity index is 1.89. The lowest BCUT2D eigenvalue weighted by Gasteiger charge is -2.32. The van der Waals surface area contributed by atoms with Gasteiger partial charge in [-0.3, -0.25) is 4.79 Å². The fraction of sp³-hybridized carbons (Fsp3) is 0.571. The monoisotopic (exact) mass is 421 g/mol. The van der Waals surface area contributed by atoms with Gasteiger partial charge in [-0.15, -0.1) is 0 Å². The molecule has 0 atom stereocenters. The molecule has 1 aromatic rings. The maximum absolute atomic E-state index is 13.0. The molecule has 2 N–H and O–H groups in total. The second kappa shape index (κ2) is 12.0. The number of piperidine rings is 1. The van der Waals surface area contributed by atoms with Crippen LogP contribution >= 0.6 is 0 Å². The van der Waals surface area contributed by atoms with Gasteiger partial charge in [-0.05, 0) is 43.9 Å². The van der Waals surface area contributed by atoms with Gasteiger partial charge in [0, 0.05) is 39.8 Å². The van der Waals surface area contributed by atoms with Crippen molar-refractivity contribution in [2.24, 2.45) is 4.99 Å². The maximum atomic E-state index is 13.0. The molecule has 0 radical (unpaired) electrons. The van der Waals surface area contributed by atoms with Gasteiger partial charge in [0.25, 0.3) is 0 Å². The molecule has 166 valence electrons. The topological polar surface area (TPSA) is 86.3 Å². The van der Waals surface area contributed by atoms with E-state index in [4.69, 9.17) is 4.74 Å². The van der Waals surface area contributed by atoms with Crippen LogP contribution in [0.15, 0.2) is 29.3 Å². The van der Waals surface area contributed by atoms with E-state index < -0.39 is 0 Å². The number of guanidine groups is 1. The highest BCUT2D eigenvalue weighted by molar-refractivity contribution is 5.85. The number of benzene rings is 1. The summed E-state index contributed by atoms with van der Waals surface area (Å²) in [5.41, 5.74) is 1.01. The van der Waals surface area contributed by atoms with Crippen molar-refractivity contribution in [1.29, 1.82) is 0 Å². The first-order chi connectivity index (χ1) is 14.4. The zero-order chi connectivity index (χ0) is 21.9. The van der Waals surface area contributed by atoms with Crippen molar-refractivity contribution < 1.29 is 18.7 Å². The Hall–Kier alpha value is -2.84. The molecule has 0 unspecified atom stereocenters. The molecule has 1 saturated heterocycles. The Bertz CT molecular complexity index is 716. The quantitative estimate of drug-likeness (QED) is 0.516. The number of rotatable bonds is 7. The third-order valence-electron chi connectivity index (χ3n) is 4.85. The van der Waals surface area contributed by atoms with Crippen molar-refractivity contribution in [3.63, 3.8) is 0 Å². The number of amides is 2. The van der Waals surface area contributed by atoms with Crippen LogP contribution in [-0.2, 0) is 16.0 Å². The van der Waals surface area contributed by atoms with Gasteiger partial charge in [0.1, 0.15) is 12.4 Å². The SMILES string of the molecule is CCOC(=O)N1CCC(NC(=NCC(=O)N(C)C)NCCc2ccc(F)cc2)CC1. The molecule has 9 heteroatoms. The number of nitrogens with zero attached hydrogens (tertiary/aromatic N) is 3. The van der Waals surface area contributed by atoms with Crippen molar-refractivity contribution in [2.75, 3.05) is 46.9 Å². The van der Waals surface area contributed by atoms with Crippen molar-refractivity contribution >= 4 is 18.0 Å². The fourth-order valence-electron chi connectivity index (χ4n) is 3.03. The molecule has 2 rings (SSSR count). The molecule has 0 bridgehead atoms. The van der Waals surface area contributed by atoms with E-state index in [9.17, 15) is 14.0 Å². The third kappa shape index (κ3) is 7.88. The van der Waals surface area contributed by atoms with Crippen LogP contribution in [0.5, 0.6) is 0 Å². The molecule has 8 nitrogen and oxygen atoms in total. The van der Waals surface area contributed by atoms with Crippen molar-refractivity contribution in [3.8, 4) is 0 Å². The second-order valence-corrected chi connectivity index (χ2v) is 7.36. The second-order valence-electron chi connectivity index (χ2n) is 7.36. The molecule has 2 amide bonds. The van der Waals surface area contributed by atoms with Crippen LogP contribution in [0.4, 0.5) is 9.18 Å². The van der Waals surface area contributed by atoms with Crippen LogP contribution in [0.2, 0.25) is 0 Å². The zero-order valence-electron chi connectivity index (χ0n) is 18.0. The van der Waals surface area contributed by atoms with Crippen LogP contribution in [0.3, 0.4) is 0 Å². The molecule has 1 heterocycles. The smallest absolute Gasteiger partial charge is 0.409 e. The molecule has 1 aliphatic heterocycles. The first-order valence-electron chi connectivity index (χ1n) is 10.3. The number of aliphatic imine (C=N–C) groups is 1. The van der Waals surface area contributed by atoms with E-state index >= 15 is 0 Å². The predicted octanol–water partition coefficient (Wildman–Crippen LogP) is 1.61. The Morgan fingerprint density at radius 2 is 1.90 bits per heavy atom. The molecule has 0 aliphatic carbocycles. The number of likely N-dealkylation sites (tertiary alicyclic amines) is 1. The minimum atomic E-state index is -0.279. The van der Waals surface area contributed by atoms with E-state index in [0.717, 1.165) is 18.4 Å². The zero-order valence-corrected chi connectivity index (χ0v) is 18.0. The standard InChI is InChI=1S/C21H32FN5O3/c1-4-30-21(29)27-13-10-18(11-14-27)25-20(24-15-19(28)26(2)3)23-12-9-16-5-7-17(22)8-6-16/h5-8,18H,4,9-15H2,1-3H3,(H2,23,24,25). The highest BCUT2D eigenvalue weighted by Crippen LogP contribution is 2.11. The van der Waals surface area contributed by atoms with Gasteiger partial charge in [0.05, 0.1) is 6.61 Å². The van der Waals surface area contributed by atoms with Gasteiger partial charge in [-0.2, -0.15) is 0 Å². The Morgan fingerprint density at radius 3 is 2.50 bits per heavy atom. The average Bonchev–Trinajstić information content (AvgIpc) is 2.73. The number of carbonyl (C=O) groups is 2. The third-order valence-corrected chi connectivity index (χ3v) is 4.85. The molecule has 30 heavy (non-hydrogen) atoms. The van der Waals surface area contributed by atoms with Crippen LogP contribution in [0, 0.1) is 5.82 Å². The van der Waals surface area contributed by atoms with Crippen LogP contribution in [-0.4, -0.2) is 80.7 Å². The largest absolute Gasteiger partial charge is 0.450 e. The van der Waals surface area contributed by atoms with Crippen molar-refractivity contribution in [1.82, 2.24) is 20.4 Å². The predicted molar refractivity (Wildman–Crippen MR) is 114 cm³/mol. The van der Waals surface area contributed by atoms with Crippen LogP contribution < -0.4 is 10.6 Å². The minimum absolute atomic E-state index is 0.0422. The number of nitrogens with one attached hydrogen (secondary N) is 2. The molecule has 0 saturated carbocycles. The highest BCUT2D eigenvalue weighted by atomic mass is 19.1. The van der Waals surface area contributed by atoms with E-state index in [1.54, 1.807) is 38.1 Å². The van der Waals surface area contributed by atoms with E-state index in [0.29, 0.717) is 38.6 Å². The normalized spacial score (nSPS) is 14.9. The van der Waals surface area contributed by atoms with Gasteiger partial charge in [-0.25, -0.2) is 14.2 Å². The number of carbonyl (C=O) groups excluding carboxylic acids is 2. The highest BCUT2D eigenvalue weighted by Gasteiger charge is 2.24. The molecule has 0 aromatic heterocycles. The summed E-state index contributed by atoms with van der Waals surface area (Å²) in [6.45, 7) is 4.01. The van der Waals surface area contributed by atoms with Gasteiger partial charge >= 0.3 is 6.09 Å². The van der Waals surface area contributed by atoms with Crippen LogP contribution in [0.25, 0.3) is 0 Å². The summed E-state index contributed by atoms with van der Waals surface area (Å²) in [5.74, 6) is 0.209. The lowest BCUT2D eigenvalue weighted by molar-refractivity contribution is -0.127. The summed E-state index contributed by atoms with van der Waals surface area (Å²) in [4.78, 5) is 31.4. The van der Waals surface area contributed by atoms with Gasteiger partial charge in [0.2, 0.25) is 5.91 Å². The number of hydrogen-bond acceptors (Lipinski definition) is 4. The summed E-state index contributed by atoms with van der Waals surface area (Å²) in [6.07, 6.45) is 1.95. The molecule has 0 spiro atoms. The Morgan fingerprint density at radius 1 is 1.23 bits per heavy atom. The summed E-state index contributed by atoms with van der Waals surface area (Å²) in [6, 6.07) is 6.53. The first-order valence-corrected chi connectivity index (χ1v) is 10.3. The molecule has 1 aliphatic rings. The molecular weight excluding hydrogens is 389 g/mol. The van der Waals surface area contributed by atoms with E-state index in [-0.39, 0.29) is 30.4 Å². The van der Waals surface area contributed by atoms with E-state index in [1.807, 2.05) is 0 Å². The lowest BCUT2D eigenvalue weighted by atomic mass is 10.1. The number of ether oxygens (including phenoxy) is 1. The summed E-state index contributed by atoms with van der Waals surface area (Å²) >= 11 is 0. The van der Waals surface area contributed by atoms with Gasteiger partial charge in [0.15, 0.2) is 5.96 Å². The molecule has 1 fully saturated rings. The van der Waals surface area contributed by atoms with Gasteiger partial charge in [-0.1, -0.05) is 12.1 Å².